The summed E-state index contributed by atoms with van der Waals surface area (Å²) in [6, 6.07) is 6.00. The Labute approximate surface area is 97.5 Å². The van der Waals surface area contributed by atoms with E-state index in [1.165, 1.54) is 0 Å². The molecule has 1 saturated heterocycles. The van der Waals surface area contributed by atoms with E-state index in [1.54, 1.807) is 7.11 Å². The number of methoxy groups -OCH3 is 1. The fourth-order valence-corrected chi connectivity index (χ4v) is 2.15. The molecule has 15 heavy (non-hydrogen) atoms. The molecule has 0 atom stereocenters. The molecule has 0 N–H and O–H groups in total. The summed E-state index contributed by atoms with van der Waals surface area (Å²) in [5.74, 6) is 0. The van der Waals surface area contributed by atoms with Crippen LogP contribution >= 0.6 is 15.9 Å². The van der Waals surface area contributed by atoms with E-state index in [-0.39, 0.29) is 6.29 Å². The summed E-state index contributed by atoms with van der Waals surface area (Å²) in [5.41, 5.74) is 2.14. The molecule has 0 aromatic heterocycles. The first-order valence-corrected chi connectivity index (χ1v) is 5.61. The lowest BCUT2D eigenvalue weighted by atomic mass is 10.1. The summed E-state index contributed by atoms with van der Waals surface area (Å²) in [6.45, 7) is 1.90. The summed E-state index contributed by atoms with van der Waals surface area (Å²) in [5, 5.41) is 0. The second-order valence-electron chi connectivity index (χ2n) is 3.33. The first-order valence-electron chi connectivity index (χ1n) is 4.82. The Balaban J connectivity index is 2.26. The minimum atomic E-state index is -0.240. The smallest absolute Gasteiger partial charge is 0.185 e. The standard InChI is InChI=1S/C11H13BrO3/c1-13-7-8-3-2-4-9(10(8)12)11-14-5-6-15-11/h2-4,11H,5-7H2,1H3. The van der Waals surface area contributed by atoms with Crippen molar-refractivity contribution in [2.24, 2.45) is 0 Å². The Morgan fingerprint density at radius 1 is 1.40 bits per heavy atom. The van der Waals surface area contributed by atoms with Crippen molar-refractivity contribution in [1.29, 1.82) is 0 Å². The minimum Gasteiger partial charge on any atom is -0.380 e. The molecule has 1 aromatic rings. The molecule has 1 aliphatic heterocycles. The van der Waals surface area contributed by atoms with Gasteiger partial charge < -0.3 is 14.2 Å². The van der Waals surface area contributed by atoms with Crippen LogP contribution in [0.3, 0.4) is 0 Å². The van der Waals surface area contributed by atoms with Gasteiger partial charge >= 0.3 is 0 Å². The van der Waals surface area contributed by atoms with Gasteiger partial charge in [-0.1, -0.05) is 18.2 Å². The van der Waals surface area contributed by atoms with Gasteiger partial charge in [-0.15, -0.1) is 0 Å². The van der Waals surface area contributed by atoms with E-state index in [1.807, 2.05) is 18.2 Å². The van der Waals surface area contributed by atoms with Gasteiger partial charge in [-0.05, 0) is 21.5 Å². The summed E-state index contributed by atoms with van der Waals surface area (Å²) >= 11 is 3.55. The molecule has 0 unspecified atom stereocenters. The monoisotopic (exact) mass is 272 g/mol. The fraction of sp³-hybridized carbons (Fsp3) is 0.455. The topological polar surface area (TPSA) is 27.7 Å². The van der Waals surface area contributed by atoms with E-state index >= 15 is 0 Å². The van der Waals surface area contributed by atoms with Crippen LogP contribution < -0.4 is 0 Å². The number of hydrogen-bond donors (Lipinski definition) is 0. The SMILES string of the molecule is COCc1cccc(C2OCCO2)c1Br. The van der Waals surface area contributed by atoms with Crippen LogP contribution in [0.1, 0.15) is 17.4 Å². The normalized spacial score (nSPS) is 17.2. The van der Waals surface area contributed by atoms with Gasteiger partial charge in [0.15, 0.2) is 6.29 Å². The van der Waals surface area contributed by atoms with E-state index in [0.29, 0.717) is 19.8 Å². The Morgan fingerprint density at radius 2 is 2.13 bits per heavy atom. The molecule has 2 rings (SSSR count). The first kappa shape index (κ1) is 11.1. The van der Waals surface area contributed by atoms with Crippen molar-refractivity contribution in [3.8, 4) is 0 Å². The van der Waals surface area contributed by atoms with Crippen molar-refractivity contribution in [3.05, 3.63) is 33.8 Å². The average molecular weight is 273 g/mol. The zero-order valence-electron chi connectivity index (χ0n) is 8.53. The third-order valence-electron chi connectivity index (χ3n) is 2.28. The zero-order chi connectivity index (χ0) is 10.7. The summed E-state index contributed by atoms with van der Waals surface area (Å²) in [4.78, 5) is 0. The third-order valence-corrected chi connectivity index (χ3v) is 3.25. The van der Waals surface area contributed by atoms with Gasteiger partial charge in [0.1, 0.15) is 0 Å². The number of hydrogen-bond acceptors (Lipinski definition) is 3. The van der Waals surface area contributed by atoms with Gasteiger partial charge in [0.2, 0.25) is 0 Å². The van der Waals surface area contributed by atoms with Crippen LogP contribution in [-0.2, 0) is 20.8 Å². The lowest BCUT2D eigenvalue weighted by molar-refractivity contribution is -0.0447. The highest BCUT2D eigenvalue weighted by Gasteiger charge is 2.21. The Kier molecular flexibility index (Phi) is 3.75. The minimum absolute atomic E-state index is 0.240. The summed E-state index contributed by atoms with van der Waals surface area (Å²) in [6.07, 6.45) is -0.240. The lowest BCUT2D eigenvalue weighted by Crippen LogP contribution is -2.01. The zero-order valence-corrected chi connectivity index (χ0v) is 10.1. The van der Waals surface area contributed by atoms with E-state index in [4.69, 9.17) is 14.2 Å². The molecule has 3 nitrogen and oxygen atoms in total. The molecule has 1 heterocycles. The second kappa shape index (κ2) is 5.07. The van der Waals surface area contributed by atoms with Crippen molar-refractivity contribution < 1.29 is 14.2 Å². The largest absolute Gasteiger partial charge is 0.380 e. The molecule has 1 aromatic carbocycles. The molecule has 0 aliphatic carbocycles. The van der Waals surface area contributed by atoms with Crippen LogP contribution in [-0.4, -0.2) is 20.3 Å². The van der Waals surface area contributed by atoms with E-state index in [0.717, 1.165) is 15.6 Å². The van der Waals surface area contributed by atoms with Gasteiger partial charge in [-0.25, -0.2) is 0 Å². The molecule has 4 heteroatoms. The second-order valence-corrected chi connectivity index (χ2v) is 4.12. The van der Waals surface area contributed by atoms with E-state index in [2.05, 4.69) is 15.9 Å². The maximum Gasteiger partial charge on any atom is 0.185 e. The summed E-state index contributed by atoms with van der Waals surface area (Å²) < 4.78 is 17.0. The fourth-order valence-electron chi connectivity index (χ4n) is 1.59. The molecule has 0 radical (unpaired) electrons. The van der Waals surface area contributed by atoms with Crippen molar-refractivity contribution in [1.82, 2.24) is 0 Å². The van der Waals surface area contributed by atoms with Crippen LogP contribution in [0.25, 0.3) is 0 Å². The molecule has 0 bridgehead atoms. The van der Waals surface area contributed by atoms with Gasteiger partial charge in [0.05, 0.1) is 19.8 Å². The van der Waals surface area contributed by atoms with Crippen LogP contribution in [0.4, 0.5) is 0 Å². The number of rotatable bonds is 3. The van der Waals surface area contributed by atoms with E-state index in [9.17, 15) is 0 Å². The van der Waals surface area contributed by atoms with Gasteiger partial charge in [0.25, 0.3) is 0 Å². The van der Waals surface area contributed by atoms with Crippen molar-refractivity contribution in [2.45, 2.75) is 12.9 Å². The van der Waals surface area contributed by atoms with E-state index < -0.39 is 0 Å². The maximum absolute atomic E-state index is 5.46. The Bertz CT molecular complexity index is 335. The van der Waals surface area contributed by atoms with Crippen molar-refractivity contribution in [3.63, 3.8) is 0 Å². The predicted octanol–water partition coefficient (Wildman–Crippen LogP) is 2.64. The molecule has 0 amide bonds. The lowest BCUT2D eigenvalue weighted by Gasteiger charge is -2.13. The average Bonchev–Trinajstić information content (AvgIpc) is 2.74. The van der Waals surface area contributed by atoms with Gasteiger partial charge in [0, 0.05) is 17.1 Å². The molecular weight excluding hydrogens is 260 g/mol. The number of halogens is 1. The number of ether oxygens (including phenoxy) is 3. The van der Waals surface area contributed by atoms with Crippen LogP contribution in [0.15, 0.2) is 22.7 Å². The highest BCUT2D eigenvalue weighted by Crippen LogP contribution is 2.32. The maximum atomic E-state index is 5.46. The molecule has 82 valence electrons. The quantitative estimate of drug-likeness (QED) is 0.847. The highest BCUT2D eigenvalue weighted by molar-refractivity contribution is 9.10. The first-order chi connectivity index (χ1) is 7.33. The van der Waals surface area contributed by atoms with Crippen LogP contribution in [0.5, 0.6) is 0 Å². The van der Waals surface area contributed by atoms with Gasteiger partial charge in [-0.3, -0.25) is 0 Å². The molecule has 0 spiro atoms. The van der Waals surface area contributed by atoms with Crippen LogP contribution in [0.2, 0.25) is 0 Å². The predicted molar refractivity (Wildman–Crippen MR) is 59.5 cm³/mol. The molecular formula is C11H13BrO3. The Morgan fingerprint density at radius 3 is 2.80 bits per heavy atom. The summed E-state index contributed by atoms with van der Waals surface area (Å²) in [7, 11) is 1.68. The molecule has 1 fully saturated rings. The molecule has 0 saturated carbocycles. The third kappa shape index (κ3) is 2.39. The van der Waals surface area contributed by atoms with Gasteiger partial charge in [-0.2, -0.15) is 0 Å². The molecule has 1 aliphatic rings. The van der Waals surface area contributed by atoms with Crippen LogP contribution in [0, 0.1) is 0 Å². The Hall–Kier alpha value is -0.420. The number of benzene rings is 1. The van der Waals surface area contributed by atoms with Crippen molar-refractivity contribution >= 4 is 15.9 Å². The van der Waals surface area contributed by atoms with Crippen molar-refractivity contribution in [2.75, 3.05) is 20.3 Å². The highest BCUT2D eigenvalue weighted by atomic mass is 79.9.